The van der Waals surface area contributed by atoms with Crippen LogP contribution >= 0.6 is 0 Å². The number of nitrogens with zero attached hydrogens (tertiary/aromatic N) is 3. The van der Waals surface area contributed by atoms with Crippen molar-refractivity contribution in [2.75, 3.05) is 0 Å². The maximum atomic E-state index is 13.8. The number of aromatic carboxylic acids is 1. The molecule has 4 aromatic rings. The van der Waals surface area contributed by atoms with Crippen LogP contribution in [-0.2, 0) is 11.8 Å². The normalized spacial score (nSPS) is 12.6. The van der Waals surface area contributed by atoms with Crippen molar-refractivity contribution in [1.82, 2.24) is 4.57 Å². The van der Waals surface area contributed by atoms with Gasteiger partial charge in [-0.15, -0.1) is 0 Å². The topological polar surface area (TPSA) is 78.4 Å². The minimum atomic E-state index is -0.986. The highest BCUT2D eigenvalue weighted by atomic mass is 19.1. The Morgan fingerprint density at radius 2 is 1.85 bits per heavy atom. The van der Waals surface area contributed by atoms with Gasteiger partial charge in [-0.1, -0.05) is 26.0 Å². The lowest BCUT2D eigenvalue weighted by atomic mass is 9.81. The number of aromatic nitrogens is 1. The second-order valence-corrected chi connectivity index (χ2v) is 9.15. The molecule has 0 radical (unpaired) electrons. The van der Waals surface area contributed by atoms with Crippen LogP contribution in [-0.4, -0.2) is 21.9 Å². The SMILES string of the molecule is CC(C)(CC#N)c1c(-c2ccc(C(=O)O)cc2)c2cc3c(cc2n1-c1ccc(F)cc1)N=CC3. The fourth-order valence-corrected chi connectivity index (χ4v) is 4.75. The van der Waals surface area contributed by atoms with E-state index in [1.54, 1.807) is 24.3 Å². The monoisotopic (exact) mass is 451 g/mol. The Kier molecular flexibility index (Phi) is 5.06. The zero-order chi connectivity index (χ0) is 24.0. The van der Waals surface area contributed by atoms with Crippen molar-refractivity contribution in [1.29, 1.82) is 5.26 Å². The number of carbonyl (C=O) groups is 1. The van der Waals surface area contributed by atoms with Gasteiger partial charge in [-0.05, 0) is 59.7 Å². The quantitative estimate of drug-likeness (QED) is 0.372. The maximum absolute atomic E-state index is 13.8. The highest BCUT2D eigenvalue weighted by Gasteiger charge is 2.32. The summed E-state index contributed by atoms with van der Waals surface area (Å²) in [5.74, 6) is -1.31. The summed E-state index contributed by atoms with van der Waals surface area (Å²) in [5, 5.41) is 20.0. The summed E-state index contributed by atoms with van der Waals surface area (Å²) in [6.45, 7) is 4.04. The molecule has 0 unspecified atom stereocenters. The molecule has 0 aliphatic carbocycles. The molecule has 2 heterocycles. The smallest absolute Gasteiger partial charge is 0.335 e. The number of carboxylic acid groups (broad SMARTS) is 1. The predicted molar refractivity (Wildman–Crippen MR) is 131 cm³/mol. The zero-order valence-corrected chi connectivity index (χ0v) is 18.8. The van der Waals surface area contributed by atoms with Gasteiger partial charge in [-0.25, -0.2) is 9.18 Å². The summed E-state index contributed by atoms with van der Waals surface area (Å²) in [7, 11) is 0. The lowest BCUT2D eigenvalue weighted by Crippen LogP contribution is -2.21. The van der Waals surface area contributed by atoms with Crippen molar-refractivity contribution < 1.29 is 14.3 Å². The van der Waals surface area contributed by atoms with Gasteiger partial charge in [0.15, 0.2) is 0 Å². The molecule has 0 fully saturated rings. The van der Waals surface area contributed by atoms with Crippen LogP contribution in [0.15, 0.2) is 65.7 Å². The third-order valence-electron chi connectivity index (χ3n) is 6.38. The average Bonchev–Trinajstić information content (AvgIpc) is 3.40. The summed E-state index contributed by atoms with van der Waals surface area (Å²) in [6.07, 6.45) is 2.89. The molecule has 0 saturated carbocycles. The summed E-state index contributed by atoms with van der Waals surface area (Å²) in [5.41, 5.74) is 6.04. The van der Waals surface area contributed by atoms with E-state index in [1.807, 2.05) is 38.3 Å². The first kappa shape index (κ1) is 21.6. The first-order valence-corrected chi connectivity index (χ1v) is 11.0. The summed E-state index contributed by atoms with van der Waals surface area (Å²) in [6, 6.07) is 19.6. The number of carboxylic acids is 1. The van der Waals surface area contributed by atoms with Gasteiger partial charge in [0, 0.05) is 46.8 Å². The van der Waals surface area contributed by atoms with Crippen LogP contribution in [0.25, 0.3) is 27.7 Å². The Balaban J connectivity index is 1.92. The van der Waals surface area contributed by atoms with E-state index < -0.39 is 11.4 Å². The number of hydrogen-bond acceptors (Lipinski definition) is 3. The summed E-state index contributed by atoms with van der Waals surface area (Å²) >= 11 is 0. The largest absolute Gasteiger partial charge is 0.478 e. The molecule has 5 nitrogen and oxygen atoms in total. The minimum Gasteiger partial charge on any atom is -0.478 e. The predicted octanol–water partition coefficient (Wildman–Crippen LogP) is 6.58. The molecular weight excluding hydrogens is 429 g/mol. The van der Waals surface area contributed by atoms with Gasteiger partial charge in [0.25, 0.3) is 0 Å². The van der Waals surface area contributed by atoms with E-state index in [-0.39, 0.29) is 17.8 Å². The molecule has 6 heteroatoms. The Morgan fingerprint density at radius 1 is 1.15 bits per heavy atom. The van der Waals surface area contributed by atoms with E-state index in [9.17, 15) is 19.6 Å². The minimum absolute atomic E-state index is 0.207. The molecule has 1 aliphatic rings. The van der Waals surface area contributed by atoms with Gasteiger partial charge in [-0.3, -0.25) is 4.99 Å². The van der Waals surface area contributed by atoms with Crippen LogP contribution < -0.4 is 0 Å². The standard InChI is InChI=1S/C28H22FN3O2/c1-28(2,12-13-30)26-25(17-3-5-18(6-4-17)27(33)34)22-15-19-11-14-31-23(19)16-24(22)32(26)21-9-7-20(29)8-10-21/h3-10,14-16H,11-12H2,1-2H3,(H,33,34). The third-order valence-corrected chi connectivity index (χ3v) is 6.38. The first-order chi connectivity index (χ1) is 16.3. The number of benzene rings is 3. The van der Waals surface area contributed by atoms with Crippen molar-refractivity contribution in [2.45, 2.75) is 32.1 Å². The van der Waals surface area contributed by atoms with Crippen LogP contribution in [0.5, 0.6) is 0 Å². The molecule has 168 valence electrons. The van der Waals surface area contributed by atoms with E-state index in [1.165, 1.54) is 12.1 Å². The second kappa shape index (κ2) is 7.96. The molecule has 3 aromatic carbocycles. The van der Waals surface area contributed by atoms with Gasteiger partial charge in [0.05, 0.1) is 22.8 Å². The molecule has 1 aliphatic heterocycles. The third kappa shape index (κ3) is 3.46. The molecule has 0 bridgehead atoms. The van der Waals surface area contributed by atoms with Gasteiger partial charge >= 0.3 is 5.97 Å². The Morgan fingerprint density at radius 3 is 2.50 bits per heavy atom. The summed E-state index contributed by atoms with van der Waals surface area (Å²) in [4.78, 5) is 16.0. The molecule has 5 rings (SSSR count). The van der Waals surface area contributed by atoms with Crippen LogP contribution in [0.3, 0.4) is 0 Å². The second-order valence-electron chi connectivity index (χ2n) is 9.15. The van der Waals surface area contributed by atoms with Crippen molar-refractivity contribution in [3.05, 3.63) is 83.3 Å². The van der Waals surface area contributed by atoms with Crippen LogP contribution in [0.2, 0.25) is 0 Å². The number of fused-ring (bicyclic) bond motifs is 2. The Hall–Kier alpha value is -4.24. The van der Waals surface area contributed by atoms with Gasteiger partial charge in [-0.2, -0.15) is 5.26 Å². The Labute approximate surface area is 196 Å². The van der Waals surface area contributed by atoms with E-state index in [0.717, 1.165) is 51.1 Å². The van der Waals surface area contributed by atoms with E-state index in [0.29, 0.717) is 0 Å². The number of aliphatic imine (C=N–C) groups is 1. The molecule has 34 heavy (non-hydrogen) atoms. The van der Waals surface area contributed by atoms with E-state index >= 15 is 0 Å². The molecule has 0 saturated heterocycles. The van der Waals surface area contributed by atoms with Crippen molar-refractivity contribution >= 4 is 28.8 Å². The average molecular weight is 452 g/mol. The number of nitriles is 1. The lowest BCUT2D eigenvalue weighted by Gasteiger charge is -2.26. The molecule has 1 N–H and O–H groups in total. The van der Waals surface area contributed by atoms with Gasteiger partial charge < -0.3 is 9.67 Å². The van der Waals surface area contributed by atoms with Gasteiger partial charge in [0.1, 0.15) is 5.82 Å². The summed E-state index contributed by atoms with van der Waals surface area (Å²) < 4.78 is 15.9. The fourth-order valence-electron chi connectivity index (χ4n) is 4.75. The zero-order valence-electron chi connectivity index (χ0n) is 18.8. The van der Waals surface area contributed by atoms with Crippen molar-refractivity contribution in [3.8, 4) is 22.9 Å². The highest BCUT2D eigenvalue weighted by Crippen LogP contribution is 2.46. The number of rotatable bonds is 5. The van der Waals surface area contributed by atoms with Crippen LogP contribution in [0.1, 0.15) is 41.9 Å². The van der Waals surface area contributed by atoms with Gasteiger partial charge in [0.2, 0.25) is 0 Å². The lowest BCUT2D eigenvalue weighted by molar-refractivity contribution is 0.0697. The molecule has 0 amide bonds. The number of halogens is 1. The van der Waals surface area contributed by atoms with Crippen LogP contribution in [0, 0.1) is 17.1 Å². The molecule has 0 spiro atoms. The van der Waals surface area contributed by atoms with E-state index in [4.69, 9.17) is 0 Å². The van der Waals surface area contributed by atoms with E-state index in [2.05, 4.69) is 21.7 Å². The highest BCUT2D eigenvalue weighted by molar-refractivity contribution is 6.03. The first-order valence-electron chi connectivity index (χ1n) is 11.0. The molecular formula is C28H22FN3O2. The molecule has 1 aromatic heterocycles. The fraction of sp³-hybridized carbons (Fsp3) is 0.179. The Bertz CT molecular complexity index is 1510. The number of hydrogen-bond donors (Lipinski definition) is 1. The maximum Gasteiger partial charge on any atom is 0.335 e. The molecule has 0 atom stereocenters. The van der Waals surface area contributed by atoms with Crippen LogP contribution in [0.4, 0.5) is 10.1 Å². The van der Waals surface area contributed by atoms with Crippen molar-refractivity contribution in [2.24, 2.45) is 4.99 Å². The van der Waals surface area contributed by atoms with Crippen molar-refractivity contribution in [3.63, 3.8) is 0 Å².